The van der Waals surface area contributed by atoms with Crippen LogP contribution in [0.5, 0.6) is 0 Å². The molecular weight excluding hydrogens is 276 g/mol. The number of rotatable bonds is 2. The SMILES string of the molecule is CCC1(C)CN(c2ccc(Br)cc2)CCCN1. The van der Waals surface area contributed by atoms with Gasteiger partial charge in [-0.3, -0.25) is 0 Å². The molecular formula is C14H21BrN2. The second-order valence-electron chi connectivity index (χ2n) is 5.09. The molecule has 2 nitrogen and oxygen atoms in total. The third-order valence-corrected chi connectivity index (χ3v) is 4.20. The number of halogens is 1. The molecule has 0 amide bonds. The van der Waals surface area contributed by atoms with E-state index in [9.17, 15) is 0 Å². The number of anilines is 1. The molecule has 1 heterocycles. The van der Waals surface area contributed by atoms with Gasteiger partial charge < -0.3 is 10.2 Å². The summed E-state index contributed by atoms with van der Waals surface area (Å²) in [5.41, 5.74) is 1.57. The van der Waals surface area contributed by atoms with Crippen LogP contribution in [0.3, 0.4) is 0 Å². The number of nitrogens with one attached hydrogen (secondary N) is 1. The minimum absolute atomic E-state index is 0.240. The minimum Gasteiger partial charge on any atom is -0.370 e. The van der Waals surface area contributed by atoms with Crippen molar-refractivity contribution >= 4 is 21.6 Å². The van der Waals surface area contributed by atoms with E-state index in [-0.39, 0.29) is 5.54 Å². The number of nitrogens with zero attached hydrogens (tertiary/aromatic N) is 1. The van der Waals surface area contributed by atoms with Crippen LogP contribution in [0.4, 0.5) is 5.69 Å². The van der Waals surface area contributed by atoms with Crippen LogP contribution in [0.15, 0.2) is 28.7 Å². The Bertz CT molecular complexity index is 363. The summed E-state index contributed by atoms with van der Waals surface area (Å²) in [5, 5.41) is 3.67. The largest absolute Gasteiger partial charge is 0.370 e. The summed E-state index contributed by atoms with van der Waals surface area (Å²) in [6, 6.07) is 8.64. The van der Waals surface area contributed by atoms with Crippen molar-refractivity contribution in [3.05, 3.63) is 28.7 Å². The topological polar surface area (TPSA) is 15.3 Å². The van der Waals surface area contributed by atoms with Gasteiger partial charge in [-0.25, -0.2) is 0 Å². The molecule has 1 N–H and O–H groups in total. The Hall–Kier alpha value is -0.540. The monoisotopic (exact) mass is 296 g/mol. The van der Waals surface area contributed by atoms with E-state index < -0.39 is 0 Å². The van der Waals surface area contributed by atoms with Gasteiger partial charge in [0.1, 0.15) is 0 Å². The molecule has 1 fully saturated rings. The number of hydrogen-bond donors (Lipinski definition) is 1. The summed E-state index contributed by atoms with van der Waals surface area (Å²) in [6.45, 7) is 7.94. The maximum atomic E-state index is 3.67. The van der Waals surface area contributed by atoms with Crippen molar-refractivity contribution in [3.8, 4) is 0 Å². The van der Waals surface area contributed by atoms with Gasteiger partial charge >= 0.3 is 0 Å². The van der Waals surface area contributed by atoms with Gasteiger partial charge in [0, 0.05) is 28.8 Å². The van der Waals surface area contributed by atoms with Gasteiger partial charge in [-0.05, 0) is 50.6 Å². The first-order chi connectivity index (χ1) is 8.13. The first-order valence-electron chi connectivity index (χ1n) is 6.38. The standard InChI is InChI=1S/C14H21BrN2/c1-3-14(2)11-17(10-4-9-16-14)13-7-5-12(15)6-8-13/h5-8,16H,3-4,9-11H2,1-2H3. The summed E-state index contributed by atoms with van der Waals surface area (Å²) in [7, 11) is 0. The van der Waals surface area contributed by atoms with E-state index in [2.05, 4.69) is 64.3 Å². The van der Waals surface area contributed by atoms with Crippen LogP contribution in [-0.2, 0) is 0 Å². The lowest BCUT2D eigenvalue weighted by Gasteiger charge is -2.34. The van der Waals surface area contributed by atoms with Crippen molar-refractivity contribution in [3.63, 3.8) is 0 Å². The van der Waals surface area contributed by atoms with Crippen molar-refractivity contribution < 1.29 is 0 Å². The summed E-state index contributed by atoms with van der Waals surface area (Å²) in [5.74, 6) is 0. The van der Waals surface area contributed by atoms with Crippen LogP contribution in [0.25, 0.3) is 0 Å². The van der Waals surface area contributed by atoms with Gasteiger partial charge in [0.05, 0.1) is 0 Å². The Balaban J connectivity index is 2.16. The Kier molecular flexibility index (Phi) is 4.10. The van der Waals surface area contributed by atoms with Gasteiger partial charge in [-0.1, -0.05) is 22.9 Å². The smallest absolute Gasteiger partial charge is 0.0367 e. The van der Waals surface area contributed by atoms with Crippen molar-refractivity contribution in [2.24, 2.45) is 0 Å². The van der Waals surface area contributed by atoms with E-state index in [0.29, 0.717) is 0 Å². The van der Waals surface area contributed by atoms with Gasteiger partial charge in [0.15, 0.2) is 0 Å². The predicted octanol–water partition coefficient (Wildman–Crippen LogP) is 3.42. The second-order valence-corrected chi connectivity index (χ2v) is 6.01. The van der Waals surface area contributed by atoms with E-state index in [0.717, 1.165) is 24.1 Å². The molecule has 1 aliphatic heterocycles. The molecule has 0 saturated carbocycles. The van der Waals surface area contributed by atoms with Crippen LogP contribution >= 0.6 is 15.9 Å². The lowest BCUT2D eigenvalue weighted by molar-refractivity contribution is 0.366. The van der Waals surface area contributed by atoms with Crippen LogP contribution < -0.4 is 10.2 Å². The quantitative estimate of drug-likeness (QED) is 0.900. The lowest BCUT2D eigenvalue weighted by atomic mass is 9.98. The normalized spacial score (nSPS) is 25.7. The molecule has 1 atom stereocenters. The summed E-state index contributed by atoms with van der Waals surface area (Å²) in [6.07, 6.45) is 2.38. The van der Waals surface area contributed by atoms with Crippen molar-refractivity contribution in [2.45, 2.75) is 32.2 Å². The highest BCUT2D eigenvalue weighted by atomic mass is 79.9. The molecule has 0 spiro atoms. The molecule has 1 aromatic rings. The van der Waals surface area contributed by atoms with Crippen molar-refractivity contribution in [2.75, 3.05) is 24.5 Å². The molecule has 1 unspecified atom stereocenters. The Morgan fingerprint density at radius 3 is 2.71 bits per heavy atom. The highest BCUT2D eigenvalue weighted by Gasteiger charge is 2.27. The molecule has 0 radical (unpaired) electrons. The fourth-order valence-corrected chi connectivity index (χ4v) is 2.59. The van der Waals surface area contributed by atoms with Gasteiger partial charge in [0.25, 0.3) is 0 Å². The second kappa shape index (κ2) is 5.40. The fourth-order valence-electron chi connectivity index (χ4n) is 2.33. The Morgan fingerprint density at radius 1 is 1.35 bits per heavy atom. The Morgan fingerprint density at radius 2 is 2.06 bits per heavy atom. The zero-order valence-corrected chi connectivity index (χ0v) is 12.3. The minimum atomic E-state index is 0.240. The van der Waals surface area contributed by atoms with E-state index in [1.54, 1.807) is 0 Å². The highest BCUT2D eigenvalue weighted by molar-refractivity contribution is 9.10. The molecule has 1 aliphatic rings. The molecule has 17 heavy (non-hydrogen) atoms. The van der Waals surface area contributed by atoms with E-state index in [4.69, 9.17) is 0 Å². The number of benzene rings is 1. The zero-order chi connectivity index (χ0) is 12.3. The molecule has 0 bridgehead atoms. The first-order valence-corrected chi connectivity index (χ1v) is 7.18. The first kappa shape index (κ1) is 12.9. The van der Waals surface area contributed by atoms with Crippen LogP contribution in [-0.4, -0.2) is 25.2 Å². The summed E-state index contributed by atoms with van der Waals surface area (Å²) >= 11 is 3.49. The molecule has 3 heteroatoms. The van der Waals surface area contributed by atoms with Gasteiger partial charge in [-0.2, -0.15) is 0 Å². The summed E-state index contributed by atoms with van der Waals surface area (Å²) in [4.78, 5) is 2.50. The van der Waals surface area contributed by atoms with Crippen molar-refractivity contribution in [1.82, 2.24) is 5.32 Å². The summed E-state index contributed by atoms with van der Waals surface area (Å²) < 4.78 is 1.15. The lowest BCUT2D eigenvalue weighted by Crippen LogP contribution is -2.48. The third-order valence-electron chi connectivity index (χ3n) is 3.67. The number of hydrogen-bond acceptors (Lipinski definition) is 2. The molecule has 2 rings (SSSR count). The van der Waals surface area contributed by atoms with E-state index in [1.165, 1.54) is 18.5 Å². The molecule has 94 valence electrons. The molecule has 0 aromatic heterocycles. The maximum Gasteiger partial charge on any atom is 0.0367 e. The van der Waals surface area contributed by atoms with Crippen LogP contribution in [0.2, 0.25) is 0 Å². The maximum absolute atomic E-state index is 3.67. The van der Waals surface area contributed by atoms with Crippen LogP contribution in [0.1, 0.15) is 26.7 Å². The third kappa shape index (κ3) is 3.23. The zero-order valence-electron chi connectivity index (χ0n) is 10.7. The highest BCUT2D eigenvalue weighted by Crippen LogP contribution is 2.23. The van der Waals surface area contributed by atoms with Gasteiger partial charge in [-0.15, -0.1) is 0 Å². The van der Waals surface area contributed by atoms with Crippen molar-refractivity contribution in [1.29, 1.82) is 0 Å². The molecule has 1 aromatic carbocycles. The average Bonchev–Trinajstić information content (AvgIpc) is 2.53. The predicted molar refractivity (Wildman–Crippen MR) is 77.7 cm³/mol. The molecule has 1 saturated heterocycles. The van der Waals surface area contributed by atoms with E-state index >= 15 is 0 Å². The molecule has 0 aliphatic carbocycles. The van der Waals surface area contributed by atoms with Crippen LogP contribution in [0, 0.1) is 0 Å². The average molecular weight is 297 g/mol. The van der Waals surface area contributed by atoms with E-state index in [1.807, 2.05) is 0 Å². The Labute approximate surface area is 113 Å². The van der Waals surface area contributed by atoms with Gasteiger partial charge in [0.2, 0.25) is 0 Å². The fraction of sp³-hybridized carbons (Fsp3) is 0.571.